The molecule has 0 aliphatic heterocycles. The van der Waals surface area contributed by atoms with E-state index >= 15 is 0 Å². The second kappa shape index (κ2) is 6.41. The molecule has 0 atom stereocenters. The van der Waals surface area contributed by atoms with Crippen LogP contribution in [-0.4, -0.2) is 0 Å². The molecule has 0 saturated carbocycles. The van der Waals surface area contributed by atoms with Gasteiger partial charge < -0.3 is 0 Å². The van der Waals surface area contributed by atoms with E-state index in [0.717, 1.165) is 5.57 Å². The normalized spacial score (nSPS) is 11.7. The van der Waals surface area contributed by atoms with E-state index in [9.17, 15) is 0 Å². The Morgan fingerprint density at radius 1 is 0.833 bits per heavy atom. The number of hydrogen-bond donors (Lipinski definition) is 0. The summed E-state index contributed by atoms with van der Waals surface area (Å²) in [5.74, 6) is 0. The molecular formula is C18H16. The molecule has 0 aromatic heterocycles. The van der Waals surface area contributed by atoms with Crippen molar-refractivity contribution in [2.24, 2.45) is 0 Å². The van der Waals surface area contributed by atoms with Gasteiger partial charge in [-0.15, -0.1) is 0 Å². The van der Waals surface area contributed by atoms with Crippen LogP contribution in [0.2, 0.25) is 0 Å². The topological polar surface area (TPSA) is 0 Å². The summed E-state index contributed by atoms with van der Waals surface area (Å²) in [6.07, 6.45) is 8.10. The van der Waals surface area contributed by atoms with E-state index in [-0.39, 0.29) is 0 Å². The highest BCUT2D eigenvalue weighted by Gasteiger charge is 1.93. The van der Waals surface area contributed by atoms with Crippen LogP contribution >= 0.6 is 0 Å². The molecule has 0 heteroatoms. The van der Waals surface area contributed by atoms with Gasteiger partial charge in [0.2, 0.25) is 0 Å². The Labute approximate surface area is 109 Å². The Bertz CT molecular complexity index is 545. The van der Waals surface area contributed by atoms with Crippen molar-refractivity contribution in [3.63, 3.8) is 0 Å². The average Bonchev–Trinajstić information content (AvgIpc) is 2.46. The molecule has 0 heterocycles. The first-order chi connectivity index (χ1) is 8.90. The lowest BCUT2D eigenvalue weighted by Gasteiger charge is -1.99. The summed E-state index contributed by atoms with van der Waals surface area (Å²) >= 11 is 0. The Morgan fingerprint density at radius 3 is 2.06 bits per heavy atom. The van der Waals surface area contributed by atoms with Gasteiger partial charge in [0.05, 0.1) is 0 Å². The van der Waals surface area contributed by atoms with E-state index in [2.05, 4.69) is 49.1 Å². The lowest BCUT2D eigenvalue weighted by atomic mass is 10.1. The summed E-state index contributed by atoms with van der Waals surface area (Å²) in [6, 6.07) is 20.5. The Kier molecular flexibility index (Phi) is 4.32. The van der Waals surface area contributed by atoms with Crippen molar-refractivity contribution >= 4 is 11.6 Å². The van der Waals surface area contributed by atoms with Gasteiger partial charge in [-0.05, 0) is 16.7 Å². The maximum atomic E-state index is 3.86. The molecule has 0 saturated heterocycles. The maximum Gasteiger partial charge on any atom is -0.0184 e. The van der Waals surface area contributed by atoms with Gasteiger partial charge in [-0.1, -0.05) is 91.5 Å². The third-order valence-corrected chi connectivity index (χ3v) is 2.69. The highest BCUT2D eigenvalue weighted by atomic mass is 14.0. The molecule has 0 unspecified atom stereocenters. The van der Waals surface area contributed by atoms with Crippen LogP contribution in [0.15, 0.2) is 85.5 Å². The van der Waals surface area contributed by atoms with Gasteiger partial charge in [0.25, 0.3) is 0 Å². The van der Waals surface area contributed by atoms with Gasteiger partial charge in [-0.2, -0.15) is 0 Å². The standard InChI is InChI=1S/C18H16/c1-2-17(18-13-7-4-8-14-18)15-9-12-16-10-5-3-6-11-16/h2-15H,1H2/b12-9-,17-15+. The zero-order valence-electron chi connectivity index (χ0n) is 10.3. The van der Waals surface area contributed by atoms with Crippen LogP contribution in [0.25, 0.3) is 11.6 Å². The Hall–Kier alpha value is -2.34. The van der Waals surface area contributed by atoms with Gasteiger partial charge in [0, 0.05) is 0 Å². The number of benzene rings is 2. The zero-order valence-corrected chi connectivity index (χ0v) is 10.3. The first kappa shape index (κ1) is 12.1. The van der Waals surface area contributed by atoms with Gasteiger partial charge in [0.15, 0.2) is 0 Å². The summed E-state index contributed by atoms with van der Waals surface area (Å²) in [7, 11) is 0. The third-order valence-electron chi connectivity index (χ3n) is 2.69. The molecule has 0 fully saturated rings. The number of rotatable bonds is 4. The number of hydrogen-bond acceptors (Lipinski definition) is 0. The Morgan fingerprint density at radius 2 is 1.44 bits per heavy atom. The molecule has 2 rings (SSSR count). The fraction of sp³-hybridized carbons (Fsp3) is 0. The van der Waals surface area contributed by atoms with Crippen LogP contribution in [-0.2, 0) is 0 Å². The van der Waals surface area contributed by atoms with Crippen molar-refractivity contribution in [3.8, 4) is 0 Å². The van der Waals surface area contributed by atoms with Crippen molar-refractivity contribution < 1.29 is 0 Å². The summed E-state index contributed by atoms with van der Waals surface area (Å²) in [5.41, 5.74) is 3.51. The van der Waals surface area contributed by atoms with Crippen LogP contribution in [0.1, 0.15) is 11.1 Å². The average molecular weight is 232 g/mol. The van der Waals surface area contributed by atoms with Gasteiger partial charge in [-0.3, -0.25) is 0 Å². The fourth-order valence-corrected chi connectivity index (χ4v) is 1.74. The molecule has 0 nitrogen and oxygen atoms in total. The fourth-order valence-electron chi connectivity index (χ4n) is 1.74. The summed E-state index contributed by atoms with van der Waals surface area (Å²) in [6.45, 7) is 3.86. The van der Waals surface area contributed by atoms with E-state index in [1.165, 1.54) is 11.1 Å². The molecule has 0 N–H and O–H groups in total. The minimum atomic E-state index is 1.13. The van der Waals surface area contributed by atoms with Crippen LogP contribution in [0.5, 0.6) is 0 Å². The predicted octanol–water partition coefficient (Wildman–Crippen LogP) is 4.97. The van der Waals surface area contributed by atoms with Crippen molar-refractivity contribution in [1.29, 1.82) is 0 Å². The Balaban J connectivity index is 2.17. The largest absolute Gasteiger partial charge is 0.0984 e. The quantitative estimate of drug-likeness (QED) is 0.653. The predicted molar refractivity (Wildman–Crippen MR) is 80.1 cm³/mol. The number of allylic oxidation sites excluding steroid dienone is 4. The molecule has 0 radical (unpaired) electrons. The molecule has 18 heavy (non-hydrogen) atoms. The summed E-state index contributed by atoms with van der Waals surface area (Å²) < 4.78 is 0. The van der Waals surface area contributed by atoms with Crippen molar-refractivity contribution in [1.82, 2.24) is 0 Å². The summed E-state index contributed by atoms with van der Waals surface area (Å²) in [5, 5.41) is 0. The van der Waals surface area contributed by atoms with Gasteiger partial charge in [0.1, 0.15) is 0 Å². The van der Waals surface area contributed by atoms with E-state index < -0.39 is 0 Å². The van der Waals surface area contributed by atoms with Crippen LogP contribution < -0.4 is 0 Å². The van der Waals surface area contributed by atoms with Gasteiger partial charge in [-0.25, -0.2) is 0 Å². The second-order valence-electron chi connectivity index (χ2n) is 3.96. The minimum absolute atomic E-state index is 1.13. The van der Waals surface area contributed by atoms with E-state index in [4.69, 9.17) is 0 Å². The molecule has 88 valence electrons. The van der Waals surface area contributed by atoms with Crippen molar-refractivity contribution in [2.75, 3.05) is 0 Å². The van der Waals surface area contributed by atoms with Crippen LogP contribution in [0.4, 0.5) is 0 Å². The van der Waals surface area contributed by atoms with E-state index in [0.29, 0.717) is 0 Å². The van der Waals surface area contributed by atoms with E-state index in [1.807, 2.05) is 42.5 Å². The van der Waals surface area contributed by atoms with E-state index in [1.54, 1.807) is 0 Å². The van der Waals surface area contributed by atoms with Crippen LogP contribution in [0.3, 0.4) is 0 Å². The second-order valence-corrected chi connectivity index (χ2v) is 3.96. The van der Waals surface area contributed by atoms with Crippen molar-refractivity contribution in [2.45, 2.75) is 0 Å². The molecule has 2 aromatic carbocycles. The third kappa shape index (κ3) is 3.33. The molecular weight excluding hydrogens is 216 g/mol. The molecule has 0 aliphatic rings. The molecule has 0 spiro atoms. The molecule has 0 aliphatic carbocycles. The molecule has 0 bridgehead atoms. The lowest BCUT2D eigenvalue weighted by Crippen LogP contribution is -1.78. The maximum absolute atomic E-state index is 3.86. The summed E-state index contributed by atoms with van der Waals surface area (Å²) in [4.78, 5) is 0. The highest BCUT2D eigenvalue weighted by Crippen LogP contribution is 2.15. The monoisotopic (exact) mass is 232 g/mol. The first-order valence-corrected chi connectivity index (χ1v) is 6.01. The zero-order chi connectivity index (χ0) is 12.6. The van der Waals surface area contributed by atoms with Crippen LogP contribution in [0, 0.1) is 0 Å². The first-order valence-electron chi connectivity index (χ1n) is 6.01. The highest BCUT2D eigenvalue weighted by molar-refractivity contribution is 5.75. The van der Waals surface area contributed by atoms with Crippen molar-refractivity contribution in [3.05, 3.63) is 96.6 Å². The minimum Gasteiger partial charge on any atom is -0.0984 e. The lowest BCUT2D eigenvalue weighted by molar-refractivity contribution is 1.62. The SMILES string of the molecule is C=C/C(=C\C=C/c1ccccc1)c1ccccc1. The van der Waals surface area contributed by atoms with Gasteiger partial charge >= 0.3 is 0 Å². The molecule has 0 amide bonds. The smallest absolute Gasteiger partial charge is 0.0184 e. The molecule has 2 aromatic rings.